The largest absolute Gasteiger partial charge is 0.497 e. The third-order valence-electron chi connectivity index (χ3n) is 5.25. The number of benzene rings is 1. The van der Waals surface area contributed by atoms with Crippen molar-refractivity contribution in [3.05, 3.63) is 41.2 Å². The Bertz CT molecular complexity index is 818. The smallest absolute Gasteiger partial charge is 0.227 e. The first-order valence-corrected chi connectivity index (χ1v) is 9.60. The lowest BCUT2D eigenvalue weighted by Gasteiger charge is -2.25. The summed E-state index contributed by atoms with van der Waals surface area (Å²) in [7, 11) is 1.64. The van der Waals surface area contributed by atoms with Crippen LogP contribution in [-0.2, 0) is 17.6 Å². The first-order valence-electron chi connectivity index (χ1n) is 9.60. The highest BCUT2D eigenvalue weighted by atomic mass is 16.5. The van der Waals surface area contributed by atoms with Gasteiger partial charge in [0.1, 0.15) is 5.75 Å². The fourth-order valence-corrected chi connectivity index (χ4v) is 3.52. The van der Waals surface area contributed by atoms with Gasteiger partial charge in [-0.1, -0.05) is 0 Å². The lowest BCUT2D eigenvalue weighted by Crippen LogP contribution is -2.30. The van der Waals surface area contributed by atoms with Crippen molar-refractivity contribution in [1.82, 2.24) is 9.97 Å². The second kappa shape index (κ2) is 8.37. The SMILES string of the molecule is CCN(CC)c1ncc2c(n1)CCC(C(=O)Nc1ccc(OC)cc1C)C2. The predicted molar refractivity (Wildman–Crippen MR) is 107 cm³/mol. The first-order chi connectivity index (χ1) is 13.0. The molecule has 144 valence electrons. The van der Waals surface area contributed by atoms with Crippen LogP contribution in [0.25, 0.3) is 0 Å². The maximum absolute atomic E-state index is 12.8. The number of aryl methyl sites for hydroxylation is 2. The van der Waals surface area contributed by atoms with Crippen LogP contribution in [-0.4, -0.2) is 36.1 Å². The van der Waals surface area contributed by atoms with E-state index in [0.29, 0.717) is 6.42 Å². The monoisotopic (exact) mass is 368 g/mol. The summed E-state index contributed by atoms with van der Waals surface area (Å²) in [6, 6.07) is 5.68. The number of ether oxygens (including phenoxy) is 1. The Kier molecular flexibility index (Phi) is 5.94. The van der Waals surface area contributed by atoms with Gasteiger partial charge in [0.2, 0.25) is 11.9 Å². The van der Waals surface area contributed by atoms with Gasteiger partial charge in [0.25, 0.3) is 0 Å². The van der Waals surface area contributed by atoms with Crippen LogP contribution in [0.2, 0.25) is 0 Å². The molecule has 0 fully saturated rings. The number of nitrogens with one attached hydrogen (secondary N) is 1. The molecule has 27 heavy (non-hydrogen) atoms. The van der Waals surface area contributed by atoms with Crippen molar-refractivity contribution in [3.63, 3.8) is 0 Å². The first kappa shape index (κ1) is 19.1. The fraction of sp³-hybridized carbons (Fsp3) is 0.476. The van der Waals surface area contributed by atoms with Crippen LogP contribution in [0.3, 0.4) is 0 Å². The predicted octanol–water partition coefficient (Wildman–Crippen LogP) is 3.38. The molecule has 1 aliphatic carbocycles. The molecule has 1 heterocycles. The maximum atomic E-state index is 12.8. The lowest BCUT2D eigenvalue weighted by atomic mass is 9.86. The molecule has 0 aliphatic heterocycles. The highest BCUT2D eigenvalue weighted by Crippen LogP contribution is 2.27. The third-order valence-corrected chi connectivity index (χ3v) is 5.25. The van der Waals surface area contributed by atoms with E-state index >= 15 is 0 Å². The van der Waals surface area contributed by atoms with E-state index in [4.69, 9.17) is 9.72 Å². The summed E-state index contributed by atoms with van der Waals surface area (Å²) in [6.07, 6.45) is 4.21. The highest BCUT2D eigenvalue weighted by Gasteiger charge is 2.26. The molecule has 1 aromatic heterocycles. The summed E-state index contributed by atoms with van der Waals surface area (Å²) >= 11 is 0. The van der Waals surface area contributed by atoms with Crippen LogP contribution in [0.1, 0.15) is 37.1 Å². The van der Waals surface area contributed by atoms with Gasteiger partial charge in [-0.3, -0.25) is 4.79 Å². The molecule has 1 atom stereocenters. The Morgan fingerprint density at radius 1 is 1.33 bits per heavy atom. The number of hydrogen-bond donors (Lipinski definition) is 1. The molecule has 1 amide bonds. The van der Waals surface area contributed by atoms with Crippen LogP contribution in [0.4, 0.5) is 11.6 Å². The lowest BCUT2D eigenvalue weighted by molar-refractivity contribution is -0.120. The number of hydrogen-bond acceptors (Lipinski definition) is 5. The fourth-order valence-electron chi connectivity index (χ4n) is 3.52. The van der Waals surface area contributed by atoms with Crippen LogP contribution in [0, 0.1) is 12.8 Å². The van der Waals surface area contributed by atoms with Crippen molar-refractivity contribution in [2.24, 2.45) is 5.92 Å². The van der Waals surface area contributed by atoms with E-state index in [0.717, 1.165) is 60.1 Å². The molecule has 1 aliphatic rings. The number of methoxy groups -OCH3 is 1. The van der Waals surface area contributed by atoms with E-state index in [1.165, 1.54) is 0 Å². The van der Waals surface area contributed by atoms with E-state index < -0.39 is 0 Å². The minimum absolute atomic E-state index is 0.0538. The van der Waals surface area contributed by atoms with Gasteiger partial charge < -0.3 is 15.0 Å². The summed E-state index contributed by atoms with van der Waals surface area (Å²) in [4.78, 5) is 24.2. The summed E-state index contributed by atoms with van der Waals surface area (Å²) in [5.41, 5.74) is 3.99. The van der Waals surface area contributed by atoms with Gasteiger partial charge in [-0.2, -0.15) is 0 Å². The third kappa shape index (κ3) is 4.21. The number of carbonyl (C=O) groups excluding carboxylic acids is 1. The Hall–Kier alpha value is -2.63. The zero-order valence-electron chi connectivity index (χ0n) is 16.6. The number of carbonyl (C=O) groups is 1. The molecule has 0 saturated heterocycles. The second-order valence-electron chi connectivity index (χ2n) is 6.92. The average molecular weight is 368 g/mol. The van der Waals surface area contributed by atoms with Gasteiger partial charge in [-0.25, -0.2) is 9.97 Å². The summed E-state index contributed by atoms with van der Waals surface area (Å²) < 4.78 is 5.22. The van der Waals surface area contributed by atoms with Gasteiger partial charge in [0.15, 0.2) is 0 Å². The zero-order valence-corrected chi connectivity index (χ0v) is 16.6. The van der Waals surface area contributed by atoms with Crippen molar-refractivity contribution in [2.75, 3.05) is 30.4 Å². The summed E-state index contributed by atoms with van der Waals surface area (Å²) in [6.45, 7) is 7.96. The Morgan fingerprint density at radius 3 is 2.78 bits per heavy atom. The Labute approximate surface area is 161 Å². The molecular weight excluding hydrogens is 340 g/mol. The summed E-state index contributed by atoms with van der Waals surface area (Å²) in [5.74, 6) is 1.58. The quantitative estimate of drug-likeness (QED) is 0.847. The topological polar surface area (TPSA) is 67.4 Å². The van der Waals surface area contributed by atoms with Gasteiger partial charge >= 0.3 is 0 Å². The Morgan fingerprint density at radius 2 is 2.11 bits per heavy atom. The van der Waals surface area contributed by atoms with E-state index in [9.17, 15) is 4.79 Å². The number of amides is 1. The molecule has 3 rings (SSSR count). The van der Waals surface area contributed by atoms with Gasteiger partial charge in [0.05, 0.1) is 7.11 Å². The van der Waals surface area contributed by atoms with Gasteiger partial charge in [-0.15, -0.1) is 0 Å². The minimum atomic E-state index is -0.0538. The minimum Gasteiger partial charge on any atom is -0.497 e. The van der Waals surface area contributed by atoms with Crippen molar-refractivity contribution >= 4 is 17.5 Å². The van der Waals surface area contributed by atoms with Crippen LogP contribution in [0.5, 0.6) is 5.75 Å². The highest BCUT2D eigenvalue weighted by molar-refractivity contribution is 5.93. The van der Waals surface area contributed by atoms with E-state index in [1.807, 2.05) is 31.3 Å². The molecule has 6 heteroatoms. The van der Waals surface area contributed by atoms with Crippen LogP contribution < -0.4 is 15.0 Å². The summed E-state index contributed by atoms with van der Waals surface area (Å²) in [5, 5.41) is 3.07. The van der Waals surface area contributed by atoms with Crippen molar-refractivity contribution in [1.29, 1.82) is 0 Å². The van der Waals surface area contributed by atoms with E-state index in [2.05, 4.69) is 29.0 Å². The number of aromatic nitrogens is 2. The van der Waals surface area contributed by atoms with Gasteiger partial charge in [-0.05, 0) is 69.4 Å². The molecule has 0 spiro atoms. The number of fused-ring (bicyclic) bond motifs is 1. The average Bonchev–Trinajstić information content (AvgIpc) is 2.69. The molecule has 1 N–H and O–H groups in total. The molecular formula is C21H28N4O2. The zero-order chi connectivity index (χ0) is 19.4. The molecule has 2 aromatic rings. The maximum Gasteiger partial charge on any atom is 0.227 e. The molecule has 0 bridgehead atoms. The number of nitrogens with zero attached hydrogens (tertiary/aromatic N) is 3. The standard InChI is InChI=1S/C21H28N4O2/c1-5-25(6-2)21-22-13-16-12-15(7-9-19(16)24-21)20(26)23-18-10-8-17(27-4)11-14(18)3/h8,10-11,13,15H,5-7,9,12H2,1-4H3,(H,23,26). The van der Waals surface area contributed by atoms with Crippen molar-refractivity contribution < 1.29 is 9.53 Å². The van der Waals surface area contributed by atoms with Crippen molar-refractivity contribution in [2.45, 2.75) is 40.0 Å². The molecule has 0 saturated carbocycles. The van der Waals surface area contributed by atoms with E-state index in [-0.39, 0.29) is 11.8 Å². The Balaban J connectivity index is 1.69. The van der Waals surface area contributed by atoms with Gasteiger partial charge in [0, 0.05) is 36.6 Å². The van der Waals surface area contributed by atoms with Crippen LogP contribution in [0.15, 0.2) is 24.4 Å². The molecule has 1 unspecified atom stereocenters. The molecule has 0 radical (unpaired) electrons. The van der Waals surface area contributed by atoms with Crippen LogP contribution >= 0.6 is 0 Å². The molecule has 6 nitrogen and oxygen atoms in total. The normalized spacial score (nSPS) is 15.8. The second-order valence-corrected chi connectivity index (χ2v) is 6.92. The number of rotatable bonds is 6. The van der Waals surface area contributed by atoms with Crippen molar-refractivity contribution in [3.8, 4) is 5.75 Å². The van der Waals surface area contributed by atoms with E-state index in [1.54, 1.807) is 7.11 Å². The number of anilines is 2. The molecule has 1 aromatic carbocycles.